The lowest BCUT2D eigenvalue weighted by molar-refractivity contribution is -0.122. The van der Waals surface area contributed by atoms with Crippen LogP contribution >= 0.6 is 15.9 Å². The van der Waals surface area contributed by atoms with Crippen LogP contribution in [-0.4, -0.2) is 37.8 Å². The zero-order valence-electron chi connectivity index (χ0n) is 15.9. The number of anilines is 1. The molecule has 0 saturated carbocycles. The van der Waals surface area contributed by atoms with E-state index in [1.807, 2.05) is 0 Å². The Bertz CT molecular complexity index is 976. The summed E-state index contributed by atoms with van der Waals surface area (Å²) >= 11 is 3.19. The maximum absolute atomic E-state index is 13.2. The quantitative estimate of drug-likeness (QED) is 0.667. The fraction of sp³-hybridized carbons (Fsp3) is 0.350. The van der Waals surface area contributed by atoms with Crippen LogP contribution in [0.15, 0.2) is 51.8 Å². The van der Waals surface area contributed by atoms with Crippen molar-refractivity contribution in [3.8, 4) is 5.75 Å². The van der Waals surface area contributed by atoms with E-state index >= 15 is 0 Å². The van der Waals surface area contributed by atoms with E-state index in [9.17, 15) is 17.6 Å². The minimum atomic E-state index is -3.51. The van der Waals surface area contributed by atoms with Crippen molar-refractivity contribution in [2.45, 2.75) is 37.2 Å². The largest absolute Gasteiger partial charge is 0.480 e. The highest BCUT2D eigenvalue weighted by molar-refractivity contribution is 9.10. The van der Waals surface area contributed by atoms with Crippen molar-refractivity contribution in [3.05, 3.63) is 52.8 Å². The number of carbonyl (C=O) groups excluding carboxylic acids is 1. The molecule has 6 nitrogen and oxygen atoms in total. The molecule has 0 bridgehead atoms. The van der Waals surface area contributed by atoms with Crippen LogP contribution < -0.4 is 10.1 Å². The van der Waals surface area contributed by atoms with Gasteiger partial charge in [-0.3, -0.25) is 4.79 Å². The molecule has 156 valence electrons. The summed E-state index contributed by atoms with van der Waals surface area (Å²) in [5.41, 5.74) is 0.459. The topological polar surface area (TPSA) is 75.7 Å². The number of ether oxygens (including phenoxy) is 1. The van der Waals surface area contributed by atoms with Gasteiger partial charge in [0, 0.05) is 18.8 Å². The minimum Gasteiger partial charge on any atom is -0.480 e. The summed E-state index contributed by atoms with van der Waals surface area (Å²) < 4.78 is 46.0. The molecule has 9 heteroatoms. The van der Waals surface area contributed by atoms with Gasteiger partial charge in [-0.1, -0.05) is 6.42 Å². The van der Waals surface area contributed by atoms with E-state index in [0.29, 0.717) is 29.0 Å². The molecule has 3 rings (SSSR count). The zero-order valence-corrected chi connectivity index (χ0v) is 18.3. The Kier molecular flexibility index (Phi) is 6.92. The highest BCUT2D eigenvalue weighted by Gasteiger charge is 2.26. The Morgan fingerprint density at radius 1 is 1.14 bits per heavy atom. The number of carbonyl (C=O) groups is 1. The molecular weight excluding hydrogens is 463 g/mol. The van der Waals surface area contributed by atoms with Gasteiger partial charge in [-0.05, 0) is 78.2 Å². The average molecular weight is 485 g/mol. The van der Waals surface area contributed by atoms with E-state index in [1.54, 1.807) is 19.1 Å². The number of hydrogen-bond donors (Lipinski definition) is 1. The second-order valence-corrected chi connectivity index (χ2v) is 9.61. The molecule has 2 aromatic carbocycles. The molecule has 1 aliphatic heterocycles. The number of halogens is 2. The maximum Gasteiger partial charge on any atom is 0.265 e. The lowest BCUT2D eigenvalue weighted by Crippen LogP contribution is -2.35. The van der Waals surface area contributed by atoms with Crippen LogP contribution in [0, 0.1) is 5.82 Å². The van der Waals surface area contributed by atoms with Crippen molar-refractivity contribution in [3.63, 3.8) is 0 Å². The van der Waals surface area contributed by atoms with Gasteiger partial charge >= 0.3 is 0 Å². The van der Waals surface area contributed by atoms with E-state index in [-0.39, 0.29) is 4.90 Å². The predicted octanol–water partition coefficient (Wildman–Crippen LogP) is 4.17. The Morgan fingerprint density at radius 3 is 2.41 bits per heavy atom. The number of sulfonamides is 1. The predicted molar refractivity (Wildman–Crippen MR) is 112 cm³/mol. The SMILES string of the molecule is CC(Oc1ccc(F)cc1Br)C(=O)Nc1ccc(S(=O)(=O)N2CCCCC2)cc1. The van der Waals surface area contributed by atoms with Crippen LogP contribution in [0.3, 0.4) is 0 Å². The van der Waals surface area contributed by atoms with E-state index in [4.69, 9.17) is 4.74 Å². The Balaban J connectivity index is 1.63. The molecule has 0 spiro atoms. The highest BCUT2D eigenvalue weighted by Crippen LogP contribution is 2.27. The van der Waals surface area contributed by atoms with Gasteiger partial charge in [-0.15, -0.1) is 0 Å². The van der Waals surface area contributed by atoms with Crippen LogP contribution in [0.25, 0.3) is 0 Å². The van der Waals surface area contributed by atoms with Gasteiger partial charge in [0.15, 0.2) is 6.10 Å². The molecule has 29 heavy (non-hydrogen) atoms. The number of nitrogens with zero attached hydrogens (tertiary/aromatic N) is 1. The van der Waals surface area contributed by atoms with Crippen LogP contribution in [0.5, 0.6) is 5.75 Å². The first-order valence-electron chi connectivity index (χ1n) is 9.30. The standard InChI is InChI=1S/C20H22BrFN2O4S/c1-14(28-19-10-5-15(22)13-18(19)21)20(25)23-16-6-8-17(9-7-16)29(26,27)24-11-3-2-4-12-24/h5-10,13-14H,2-4,11-12H2,1H3,(H,23,25). The summed E-state index contributed by atoms with van der Waals surface area (Å²) in [4.78, 5) is 12.6. The number of amides is 1. The van der Waals surface area contributed by atoms with Gasteiger partial charge in [0.05, 0.1) is 9.37 Å². The van der Waals surface area contributed by atoms with Crippen molar-refractivity contribution in [2.24, 2.45) is 0 Å². The molecule has 1 heterocycles. The first-order valence-corrected chi connectivity index (χ1v) is 11.5. The van der Waals surface area contributed by atoms with E-state index in [2.05, 4.69) is 21.2 Å². The van der Waals surface area contributed by atoms with Gasteiger partial charge in [-0.2, -0.15) is 4.31 Å². The fourth-order valence-electron chi connectivity index (χ4n) is 3.02. The van der Waals surface area contributed by atoms with Crippen molar-refractivity contribution in [2.75, 3.05) is 18.4 Å². The van der Waals surface area contributed by atoms with E-state index in [0.717, 1.165) is 19.3 Å². The summed E-state index contributed by atoms with van der Waals surface area (Å²) in [5.74, 6) is -0.481. The summed E-state index contributed by atoms with van der Waals surface area (Å²) in [6, 6.07) is 10.0. The Morgan fingerprint density at radius 2 is 1.79 bits per heavy atom. The normalized spacial score (nSPS) is 16.2. The number of nitrogens with one attached hydrogen (secondary N) is 1. The molecule has 1 aliphatic rings. The van der Waals surface area contributed by atoms with Crippen LogP contribution in [-0.2, 0) is 14.8 Å². The molecule has 1 saturated heterocycles. The lowest BCUT2D eigenvalue weighted by Gasteiger charge is -2.25. The summed E-state index contributed by atoms with van der Waals surface area (Å²) in [7, 11) is -3.51. The first kappa shape index (κ1) is 21.7. The van der Waals surface area contributed by atoms with Gasteiger partial charge < -0.3 is 10.1 Å². The molecule has 0 aliphatic carbocycles. The van der Waals surface area contributed by atoms with Crippen LogP contribution in [0.1, 0.15) is 26.2 Å². The minimum absolute atomic E-state index is 0.206. The molecule has 1 N–H and O–H groups in total. The molecule has 1 fully saturated rings. The number of rotatable bonds is 6. The third-order valence-corrected chi connectivity index (χ3v) is 7.17. The molecule has 0 aromatic heterocycles. The monoisotopic (exact) mass is 484 g/mol. The van der Waals surface area contributed by atoms with E-state index < -0.39 is 27.9 Å². The summed E-state index contributed by atoms with van der Waals surface area (Å²) in [6.45, 7) is 2.64. The molecule has 2 aromatic rings. The second-order valence-electron chi connectivity index (χ2n) is 6.81. The fourth-order valence-corrected chi connectivity index (χ4v) is 4.98. The van der Waals surface area contributed by atoms with Crippen molar-refractivity contribution < 1.29 is 22.3 Å². The number of piperidine rings is 1. The van der Waals surface area contributed by atoms with Gasteiger partial charge in [0.25, 0.3) is 5.91 Å². The number of hydrogen-bond acceptors (Lipinski definition) is 4. The maximum atomic E-state index is 13.2. The highest BCUT2D eigenvalue weighted by atomic mass is 79.9. The molecule has 1 unspecified atom stereocenters. The van der Waals surface area contributed by atoms with Gasteiger partial charge in [0.1, 0.15) is 11.6 Å². The smallest absolute Gasteiger partial charge is 0.265 e. The Hall–Kier alpha value is -1.97. The summed E-state index contributed by atoms with van der Waals surface area (Å²) in [5, 5.41) is 2.69. The lowest BCUT2D eigenvalue weighted by atomic mass is 10.2. The first-order chi connectivity index (χ1) is 13.8. The third-order valence-electron chi connectivity index (χ3n) is 4.64. The average Bonchev–Trinajstić information content (AvgIpc) is 2.71. The zero-order chi connectivity index (χ0) is 21.0. The molecule has 1 amide bonds. The Labute approximate surface area is 178 Å². The van der Waals surface area contributed by atoms with Gasteiger partial charge in [0.2, 0.25) is 10.0 Å². The summed E-state index contributed by atoms with van der Waals surface area (Å²) in [6.07, 6.45) is 1.95. The van der Waals surface area contributed by atoms with Crippen LogP contribution in [0.4, 0.5) is 10.1 Å². The number of benzene rings is 2. The van der Waals surface area contributed by atoms with Crippen molar-refractivity contribution in [1.82, 2.24) is 4.31 Å². The molecule has 0 radical (unpaired) electrons. The van der Waals surface area contributed by atoms with E-state index in [1.165, 1.54) is 34.6 Å². The molecular formula is C20H22BrFN2O4S. The van der Waals surface area contributed by atoms with Gasteiger partial charge in [-0.25, -0.2) is 12.8 Å². The van der Waals surface area contributed by atoms with Crippen molar-refractivity contribution >= 4 is 37.5 Å². The van der Waals surface area contributed by atoms with Crippen molar-refractivity contribution in [1.29, 1.82) is 0 Å². The molecule has 1 atom stereocenters. The van der Waals surface area contributed by atoms with Crippen LogP contribution in [0.2, 0.25) is 0 Å². The third kappa shape index (κ3) is 5.34. The second kappa shape index (κ2) is 9.23.